The maximum absolute atomic E-state index is 14.4. The predicted octanol–water partition coefficient (Wildman–Crippen LogP) is 5.01. The molecule has 0 aromatic heterocycles. The number of halogens is 3. The average molecular weight is 534 g/mol. The van der Waals surface area contributed by atoms with Gasteiger partial charge in [-0.25, -0.2) is 4.39 Å². The topological polar surface area (TPSA) is 58.6 Å². The number of rotatable bonds is 9. The van der Waals surface area contributed by atoms with E-state index in [4.69, 9.17) is 16.3 Å². The monoisotopic (exact) mass is 532 g/mol. The summed E-state index contributed by atoms with van der Waals surface area (Å²) in [6.07, 6.45) is 0.269. The highest BCUT2D eigenvalue weighted by Gasteiger charge is 2.30. The van der Waals surface area contributed by atoms with Crippen molar-refractivity contribution in [3.05, 3.63) is 99.2 Å². The third kappa shape index (κ3) is 6.79. The second-order valence-corrected chi connectivity index (χ2v) is 8.59. The van der Waals surface area contributed by atoms with Crippen LogP contribution >= 0.6 is 27.5 Å². The molecule has 0 aliphatic carbocycles. The second kappa shape index (κ2) is 11.8. The van der Waals surface area contributed by atoms with Crippen LogP contribution in [-0.4, -0.2) is 36.4 Å². The van der Waals surface area contributed by atoms with Crippen LogP contribution < -0.4 is 10.1 Å². The molecule has 0 unspecified atom stereocenters. The average Bonchev–Trinajstić information content (AvgIpc) is 2.82. The summed E-state index contributed by atoms with van der Waals surface area (Å²) in [5, 5.41) is 3.14. The van der Waals surface area contributed by atoms with Crippen molar-refractivity contribution < 1.29 is 18.7 Å². The number of likely N-dealkylation sites (N-methyl/N-ethyl adjacent to an activating group) is 1. The van der Waals surface area contributed by atoms with Gasteiger partial charge in [-0.05, 0) is 45.8 Å². The molecule has 3 aromatic rings. The minimum atomic E-state index is -0.859. The Labute approximate surface area is 205 Å². The van der Waals surface area contributed by atoms with E-state index >= 15 is 0 Å². The highest BCUT2D eigenvalue weighted by Crippen LogP contribution is 2.28. The Morgan fingerprint density at radius 2 is 1.79 bits per heavy atom. The lowest BCUT2D eigenvalue weighted by Gasteiger charge is -2.31. The Hall–Kier alpha value is -2.90. The third-order valence-corrected chi connectivity index (χ3v) is 5.92. The van der Waals surface area contributed by atoms with Crippen molar-refractivity contribution in [2.45, 2.75) is 19.0 Å². The van der Waals surface area contributed by atoms with Gasteiger partial charge in [-0.1, -0.05) is 60.1 Å². The second-order valence-electron chi connectivity index (χ2n) is 7.30. The van der Waals surface area contributed by atoms with Gasteiger partial charge in [0.1, 0.15) is 17.6 Å². The number of carbonyl (C=O) groups excluding carboxylic acids is 2. The number of amides is 2. The summed E-state index contributed by atoms with van der Waals surface area (Å²) >= 11 is 9.32. The normalized spacial score (nSPS) is 11.5. The maximum Gasteiger partial charge on any atom is 0.261 e. The minimum Gasteiger partial charge on any atom is -0.483 e. The number of nitrogens with zero attached hydrogens (tertiary/aromatic N) is 1. The molecule has 0 heterocycles. The van der Waals surface area contributed by atoms with E-state index in [-0.39, 0.29) is 25.5 Å². The van der Waals surface area contributed by atoms with Crippen LogP contribution in [-0.2, 0) is 22.6 Å². The Kier molecular flexibility index (Phi) is 8.86. The molecule has 3 rings (SSSR count). The van der Waals surface area contributed by atoms with Gasteiger partial charge in [-0.15, -0.1) is 0 Å². The van der Waals surface area contributed by atoms with E-state index in [0.717, 1.165) is 5.56 Å². The van der Waals surface area contributed by atoms with E-state index < -0.39 is 17.8 Å². The maximum atomic E-state index is 14.4. The number of hydrogen-bond acceptors (Lipinski definition) is 3. The summed E-state index contributed by atoms with van der Waals surface area (Å²) < 4.78 is 20.7. The van der Waals surface area contributed by atoms with E-state index in [0.29, 0.717) is 20.8 Å². The van der Waals surface area contributed by atoms with Crippen molar-refractivity contribution in [3.63, 3.8) is 0 Å². The van der Waals surface area contributed by atoms with Gasteiger partial charge in [-0.3, -0.25) is 9.59 Å². The van der Waals surface area contributed by atoms with Gasteiger partial charge in [-0.2, -0.15) is 0 Å². The lowest BCUT2D eigenvalue weighted by molar-refractivity contribution is -0.142. The fraction of sp³-hybridized carbons (Fsp3) is 0.200. The molecule has 33 heavy (non-hydrogen) atoms. The van der Waals surface area contributed by atoms with Gasteiger partial charge >= 0.3 is 0 Å². The number of nitrogens with one attached hydrogen (secondary N) is 1. The first-order valence-corrected chi connectivity index (χ1v) is 11.4. The van der Waals surface area contributed by atoms with Crippen molar-refractivity contribution in [2.75, 3.05) is 13.7 Å². The zero-order valence-corrected chi connectivity index (χ0v) is 20.3. The lowest BCUT2D eigenvalue weighted by Crippen LogP contribution is -2.51. The zero-order valence-electron chi connectivity index (χ0n) is 17.9. The molecule has 172 valence electrons. The summed E-state index contributed by atoms with van der Waals surface area (Å²) in [5.74, 6) is -0.828. The summed E-state index contributed by atoms with van der Waals surface area (Å²) in [6.45, 7) is -0.418. The number of ether oxygens (including phenoxy) is 1. The summed E-state index contributed by atoms with van der Waals surface area (Å²) in [7, 11) is 1.51. The van der Waals surface area contributed by atoms with E-state index in [9.17, 15) is 14.0 Å². The predicted molar refractivity (Wildman–Crippen MR) is 130 cm³/mol. The molecule has 2 amide bonds. The molecule has 0 radical (unpaired) electrons. The molecule has 1 atom stereocenters. The van der Waals surface area contributed by atoms with Crippen LogP contribution in [0.3, 0.4) is 0 Å². The van der Waals surface area contributed by atoms with Crippen molar-refractivity contribution in [3.8, 4) is 5.75 Å². The van der Waals surface area contributed by atoms with Crippen molar-refractivity contribution in [1.82, 2.24) is 10.2 Å². The van der Waals surface area contributed by atoms with Crippen LogP contribution in [0.2, 0.25) is 5.02 Å². The SMILES string of the molecule is CNC(=O)[C@H](Cc1ccccc1)N(Cc1ccccc1F)C(=O)COc1ccc(Cl)cc1Br. The summed E-state index contributed by atoms with van der Waals surface area (Å²) in [5.41, 5.74) is 1.18. The molecule has 0 bridgehead atoms. The molecule has 0 aliphatic rings. The molecular weight excluding hydrogens is 511 g/mol. The van der Waals surface area contributed by atoms with Gasteiger partial charge in [0.05, 0.1) is 4.47 Å². The quantitative estimate of drug-likeness (QED) is 0.421. The van der Waals surface area contributed by atoms with E-state index in [1.807, 2.05) is 30.3 Å². The molecule has 0 fully saturated rings. The van der Waals surface area contributed by atoms with E-state index in [2.05, 4.69) is 21.2 Å². The molecular formula is C25H23BrClFN2O3. The first kappa shape index (κ1) is 24.7. The smallest absolute Gasteiger partial charge is 0.261 e. The first-order chi connectivity index (χ1) is 15.9. The van der Waals surface area contributed by atoms with Crippen LogP contribution in [0.5, 0.6) is 5.75 Å². The molecule has 8 heteroatoms. The van der Waals surface area contributed by atoms with Crippen molar-refractivity contribution in [2.24, 2.45) is 0 Å². The Morgan fingerprint density at radius 3 is 2.45 bits per heavy atom. The van der Waals surface area contributed by atoms with Gasteiger partial charge in [0, 0.05) is 30.6 Å². The fourth-order valence-corrected chi connectivity index (χ4v) is 4.14. The lowest BCUT2D eigenvalue weighted by atomic mass is 10.0. The van der Waals surface area contributed by atoms with Gasteiger partial charge < -0.3 is 15.0 Å². The molecule has 1 N–H and O–H groups in total. The Bertz CT molecular complexity index is 1110. The van der Waals surface area contributed by atoms with E-state index in [1.54, 1.807) is 36.4 Å². The van der Waals surface area contributed by atoms with Gasteiger partial charge in [0.15, 0.2) is 6.61 Å². The summed E-state index contributed by atoms with van der Waals surface area (Å²) in [4.78, 5) is 27.5. The number of carbonyl (C=O) groups is 2. The zero-order chi connectivity index (χ0) is 23.8. The largest absolute Gasteiger partial charge is 0.483 e. The minimum absolute atomic E-state index is 0.0818. The van der Waals surface area contributed by atoms with Gasteiger partial charge in [0.2, 0.25) is 5.91 Å². The molecule has 0 saturated carbocycles. The molecule has 0 aliphatic heterocycles. The van der Waals surface area contributed by atoms with Crippen molar-refractivity contribution >= 4 is 39.3 Å². The van der Waals surface area contributed by atoms with Crippen LogP contribution in [0, 0.1) is 5.82 Å². The number of hydrogen-bond donors (Lipinski definition) is 1. The highest BCUT2D eigenvalue weighted by atomic mass is 79.9. The van der Waals surface area contributed by atoms with E-state index in [1.165, 1.54) is 18.0 Å². The highest BCUT2D eigenvalue weighted by molar-refractivity contribution is 9.10. The first-order valence-electron chi connectivity index (χ1n) is 10.2. The molecule has 5 nitrogen and oxygen atoms in total. The van der Waals surface area contributed by atoms with Crippen molar-refractivity contribution in [1.29, 1.82) is 0 Å². The van der Waals surface area contributed by atoms with Crippen LogP contribution in [0.1, 0.15) is 11.1 Å². The standard InChI is InChI=1S/C25H23BrClFN2O3/c1-29-25(32)22(13-17-7-3-2-4-8-17)30(15-18-9-5-6-10-21(18)28)24(31)16-33-23-12-11-19(27)14-20(23)26/h2-12,14,22H,13,15-16H2,1H3,(H,29,32)/t22-/m0/s1. The fourth-order valence-electron chi connectivity index (χ4n) is 3.35. The molecule has 0 spiro atoms. The number of benzene rings is 3. The molecule has 3 aromatic carbocycles. The van der Waals surface area contributed by atoms with Crippen LogP contribution in [0.4, 0.5) is 4.39 Å². The summed E-state index contributed by atoms with van der Waals surface area (Å²) in [6, 6.07) is 19.6. The van der Waals surface area contributed by atoms with Gasteiger partial charge in [0.25, 0.3) is 5.91 Å². The molecule has 0 saturated heterocycles. The third-order valence-electron chi connectivity index (χ3n) is 5.06. The van der Waals surface area contributed by atoms with Crippen LogP contribution in [0.25, 0.3) is 0 Å². The Balaban J connectivity index is 1.89. The van der Waals surface area contributed by atoms with Crippen LogP contribution in [0.15, 0.2) is 77.3 Å². The Morgan fingerprint density at radius 1 is 1.09 bits per heavy atom.